The number of carbonyl (C=O) groups excluding carboxylic acids is 1. The van der Waals surface area contributed by atoms with E-state index < -0.39 is 0 Å². The molecule has 0 spiro atoms. The molecule has 1 aromatic heterocycles. The molecule has 1 atom stereocenters. The zero-order chi connectivity index (χ0) is 21.8. The minimum absolute atomic E-state index is 0.0799. The van der Waals surface area contributed by atoms with Gasteiger partial charge in [-0.3, -0.25) is 9.69 Å². The Kier molecular flexibility index (Phi) is 6.67. The Labute approximate surface area is 193 Å². The van der Waals surface area contributed by atoms with Crippen molar-refractivity contribution in [1.82, 2.24) is 10.2 Å². The van der Waals surface area contributed by atoms with Crippen molar-refractivity contribution >= 4 is 17.2 Å². The van der Waals surface area contributed by atoms with Crippen molar-refractivity contribution in [3.05, 3.63) is 46.2 Å². The quantitative estimate of drug-likeness (QED) is 0.649. The zero-order valence-electron chi connectivity index (χ0n) is 18.5. The molecular formula is C25H32N2O4S. The molecule has 2 aliphatic heterocycles. The highest BCUT2D eigenvalue weighted by Gasteiger charge is 2.38. The standard InChI is InChI=1S/C25H32N2O4S/c28-24(18-27(16-20-5-3-11-29-20)17-21-6-4-14-32-21)26-25(9-1-2-10-25)19-7-8-22-23(15-19)31-13-12-30-22/h4,6-8,14-15,20H,1-3,5,9-13,16-18H2,(H,26,28). The molecule has 3 heterocycles. The lowest BCUT2D eigenvalue weighted by Crippen LogP contribution is -2.48. The Hall–Kier alpha value is -2.09. The number of ether oxygens (including phenoxy) is 3. The largest absolute Gasteiger partial charge is 0.486 e. The van der Waals surface area contributed by atoms with Crippen molar-refractivity contribution in [3.63, 3.8) is 0 Å². The minimum atomic E-state index is -0.328. The van der Waals surface area contributed by atoms with Crippen molar-refractivity contribution in [2.45, 2.75) is 56.7 Å². The first-order chi connectivity index (χ1) is 15.7. The lowest BCUT2D eigenvalue weighted by molar-refractivity contribution is -0.124. The molecule has 3 aliphatic rings. The van der Waals surface area contributed by atoms with Crippen molar-refractivity contribution in [3.8, 4) is 11.5 Å². The van der Waals surface area contributed by atoms with Crippen LogP contribution >= 0.6 is 11.3 Å². The summed E-state index contributed by atoms with van der Waals surface area (Å²) in [5.41, 5.74) is 0.794. The van der Waals surface area contributed by atoms with E-state index in [1.165, 1.54) is 4.88 Å². The van der Waals surface area contributed by atoms with Crippen LogP contribution in [0.5, 0.6) is 11.5 Å². The van der Waals surface area contributed by atoms with Gasteiger partial charge in [0.1, 0.15) is 13.2 Å². The van der Waals surface area contributed by atoms with Crippen LogP contribution in [0.25, 0.3) is 0 Å². The molecule has 6 nitrogen and oxygen atoms in total. The summed E-state index contributed by atoms with van der Waals surface area (Å²) in [5, 5.41) is 5.53. The van der Waals surface area contributed by atoms with Gasteiger partial charge in [-0.25, -0.2) is 0 Å². The van der Waals surface area contributed by atoms with Gasteiger partial charge < -0.3 is 19.5 Å². The number of rotatable bonds is 8. The van der Waals surface area contributed by atoms with Crippen molar-refractivity contribution in [2.75, 3.05) is 32.9 Å². The summed E-state index contributed by atoms with van der Waals surface area (Å²) >= 11 is 1.74. The number of thiophene rings is 1. The van der Waals surface area contributed by atoms with E-state index in [0.717, 1.165) is 75.3 Å². The third kappa shape index (κ3) is 4.95. The fraction of sp³-hybridized carbons (Fsp3) is 0.560. The number of nitrogens with one attached hydrogen (secondary N) is 1. The lowest BCUT2D eigenvalue weighted by Gasteiger charge is -2.33. The molecule has 1 saturated carbocycles. The highest BCUT2D eigenvalue weighted by atomic mass is 32.1. The SMILES string of the molecule is O=C(CN(Cc1cccs1)CC1CCCO1)NC1(c2ccc3c(c2)OCCO3)CCCC1. The van der Waals surface area contributed by atoms with Crippen molar-refractivity contribution in [2.24, 2.45) is 0 Å². The number of benzene rings is 1. The molecule has 1 N–H and O–H groups in total. The second kappa shape index (κ2) is 9.81. The number of amides is 1. The molecule has 2 fully saturated rings. The molecule has 32 heavy (non-hydrogen) atoms. The molecule has 1 saturated heterocycles. The van der Waals surface area contributed by atoms with E-state index in [1.807, 2.05) is 6.07 Å². The van der Waals surface area contributed by atoms with Gasteiger partial charge in [0.15, 0.2) is 11.5 Å². The van der Waals surface area contributed by atoms with Crippen LogP contribution in [0.4, 0.5) is 0 Å². The summed E-state index contributed by atoms with van der Waals surface area (Å²) in [6.45, 7) is 3.93. The maximum absolute atomic E-state index is 13.3. The lowest BCUT2D eigenvalue weighted by atomic mass is 9.87. The maximum atomic E-state index is 13.3. The van der Waals surface area contributed by atoms with E-state index in [4.69, 9.17) is 14.2 Å². The fourth-order valence-corrected chi connectivity index (χ4v) is 5.95. The van der Waals surface area contributed by atoms with Crippen molar-refractivity contribution < 1.29 is 19.0 Å². The normalized spacial score (nSPS) is 21.7. The second-order valence-electron chi connectivity index (χ2n) is 9.08. The minimum Gasteiger partial charge on any atom is -0.486 e. The van der Waals surface area contributed by atoms with E-state index in [1.54, 1.807) is 11.3 Å². The molecule has 0 radical (unpaired) electrons. The van der Waals surface area contributed by atoms with Crippen LogP contribution in [-0.2, 0) is 21.6 Å². The van der Waals surface area contributed by atoms with E-state index in [2.05, 4.69) is 39.9 Å². The Morgan fingerprint density at radius 2 is 1.94 bits per heavy atom. The van der Waals surface area contributed by atoms with E-state index in [-0.39, 0.29) is 17.6 Å². The average Bonchev–Trinajstić information content (AvgIpc) is 3.57. The Morgan fingerprint density at radius 1 is 1.09 bits per heavy atom. The Morgan fingerprint density at radius 3 is 2.69 bits per heavy atom. The van der Waals surface area contributed by atoms with Crippen LogP contribution in [0.2, 0.25) is 0 Å². The van der Waals surface area contributed by atoms with Gasteiger partial charge in [0.05, 0.1) is 18.2 Å². The molecule has 1 aromatic carbocycles. The number of hydrogen-bond acceptors (Lipinski definition) is 6. The zero-order valence-corrected chi connectivity index (χ0v) is 19.3. The van der Waals surface area contributed by atoms with E-state index in [0.29, 0.717) is 19.8 Å². The van der Waals surface area contributed by atoms with Crippen LogP contribution < -0.4 is 14.8 Å². The van der Waals surface area contributed by atoms with Gasteiger partial charge in [-0.05, 0) is 54.8 Å². The van der Waals surface area contributed by atoms with Gasteiger partial charge in [-0.2, -0.15) is 0 Å². The van der Waals surface area contributed by atoms with Crippen LogP contribution in [0.15, 0.2) is 35.7 Å². The highest BCUT2D eigenvalue weighted by molar-refractivity contribution is 7.09. The van der Waals surface area contributed by atoms with Crippen molar-refractivity contribution in [1.29, 1.82) is 0 Å². The fourth-order valence-electron chi connectivity index (χ4n) is 5.20. The third-order valence-electron chi connectivity index (χ3n) is 6.74. The summed E-state index contributed by atoms with van der Waals surface area (Å²) in [7, 11) is 0. The maximum Gasteiger partial charge on any atom is 0.234 e. The monoisotopic (exact) mass is 456 g/mol. The number of carbonyl (C=O) groups is 1. The molecule has 1 unspecified atom stereocenters. The predicted octanol–water partition coefficient (Wildman–Crippen LogP) is 4.09. The van der Waals surface area contributed by atoms with Gasteiger partial charge in [-0.1, -0.05) is 25.0 Å². The number of fused-ring (bicyclic) bond motifs is 1. The predicted molar refractivity (Wildman–Crippen MR) is 124 cm³/mol. The summed E-state index contributed by atoms with van der Waals surface area (Å²) in [5.74, 6) is 1.65. The Bertz CT molecular complexity index is 905. The van der Waals surface area contributed by atoms with Gasteiger partial charge in [0.2, 0.25) is 5.91 Å². The first-order valence-corrected chi connectivity index (χ1v) is 12.7. The smallest absolute Gasteiger partial charge is 0.234 e. The summed E-state index contributed by atoms with van der Waals surface area (Å²) in [4.78, 5) is 16.8. The second-order valence-corrected chi connectivity index (χ2v) is 10.1. The van der Waals surface area contributed by atoms with Crippen LogP contribution in [0, 0.1) is 0 Å². The highest BCUT2D eigenvalue weighted by Crippen LogP contribution is 2.42. The third-order valence-corrected chi connectivity index (χ3v) is 7.60. The molecule has 2 aromatic rings. The molecular weight excluding hydrogens is 424 g/mol. The van der Waals surface area contributed by atoms with E-state index in [9.17, 15) is 4.79 Å². The molecule has 0 bridgehead atoms. The molecule has 1 aliphatic carbocycles. The Balaban J connectivity index is 1.30. The number of nitrogens with zero attached hydrogens (tertiary/aromatic N) is 1. The topological polar surface area (TPSA) is 60.0 Å². The van der Waals surface area contributed by atoms with E-state index >= 15 is 0 Å². The van der Waals surface area contributed by atoms with Gasteiger partial charge in [0.25, 0.3) is 0 Å². The molecule has 172 valence electrons. The van der Waals surface area contributed by atoms with Gasteiger partial charge in [-0.15, -0.1) is 11.3 Å². The van der Waals surface area contributed by atoms with Gasteiger partial charge >= 0.3 is 0 Å². The molecule has 7 heteroatoms. The van der Waals surface area contributed by atoms with Crippen LogP contribution in [0.3, 0.4) is 0 Å². The molecule has 1 amide bonds. The van der Waals surface area contributed by atoms with Crippen LogP contribution in [-0.4, -0.2) is 49.8 Å². The van der Waals surface area contributed by atoms with Crippen LogP contribution in [0.1, 0.15) is 49.0 Å². The number of hydrogen-bond donors (Lipinski definition) is 1. The average molecular weight is 457 g/mol. The summed E-state index contributed by atoms with van der Waals surface area (Å²) < 4.78 is 17.4. The summed E-state index contributed by atoms with van der Waals surface area (Å²) in [6.07, 6.45) is 6.54. The molecule has 5 rings (SSSR count). The van der Waals surface area contributed by atoms with Gasteiger partial charge in [0, 0.05) is 24.6 Å². The first-order valence-electron chi connectivity index (χ1n) is 11.8. The first kappa shape index (κ1) is 21.7. The summed E-state index contributed by atoms with van der Waals surface area (Å²) in [6, 6.07) is 10.3.